The monoisotopic (exact) mass is 258 g/mol. The van der Waals surface area contributed by atoms with Crippen molar-refractivity contribution in [2.24, 2.45) is 0 Å². The van der Waals surface area contributed by atoms with Gasteiger partial charge in [-0.3, -0.25) is 4.79 Å². The van der Waals surface area contributed by atoms with Crippen LogP contribution in [0.2, 0.25) is 0 Å². The molecule has 2 aromatic rings. The summed E-state index contributed by atoms with van der Waals surface area (Å²) in [5.41, 5.74) is 1.58. The van der Waals surface area contributed by atoms with Gasteiger partial charge in [-0.25, -0.2) is 9.67 Å². The highest BCUT2D eigenvalue weighted by atomic mass is 16.1. The smallest absolute Gasteiger partial charge is 0.267 e. The lowest BCUT2D eigenvalue weighted by Crippen LogP contribution is -2.23. The SMILES string of the molecule is CCCNc1cccc(Cn2ncc(C)cc2=O)n1. The third-order valence-corrected chi connectivity index (χ3v) is 2.68. The highest BCUT2D eigenvalue weighted by Gasteiger charge is 2.02. The van der Waals surface area contributed by atoms with E-state index in [4.69, 9.17) is 0 Å². The molecule has 100 valence electrons. The van der Waals surface area contributed by atoms with Gasteiger partial charge in [-0.1, -0.05) is 13.0 Å². The Morgan fingerprint density at radius 1 is 1.37 bits per heavy atom. The largest absolute Gasteiger partial charge is 0.370 e. The summed E-state index contributed by atoms with van der Waals surface area (Å²) >= 11 is 0. The lowest BCUT2D eigenvalue weighted by atomic mass is 10.3. The molecule has 5 heteroatoms. The van der Waals surface area contributed by atoms with Crippen LogP contribution in [0.15, 0.2) is 35.3 Å². The molecule has 0 aliphatic heterocycles. The Balaban J connectivity index is 2.16. The molecule has 0 unspecified atom stereocenters. The Hall–Kier alpha value is -2.17. The third-order valence-electron chi connectivity index (χ3n) is 2.68. The van der Waals surface area contributed by atoms with Crippen LogP contribution in [0.4, 0.5) is 5.82 Å². The van der Waals surface area contributed by atoms with Crippen LogP contribution < -0.4 is 10.9 Å². The molecule has 0 bridgehead atoms. The molecule has 0 aliphatic carbocycles. The Labute approximate surface area is 112 Å². The van der Waals surface area contributed by atoms with Crippen molar-refractivity contribution >= 4 is 5.82 Å². The summed E-state index contributed by atoms with van der Waals surface area (Å²) in [5, 5.41) is 7.33. The average Bonchev–Trinajstić information content (AvgIpc) is 2.40. The predicted octanol–water partition coefficient (Wildman–Crippen LogP) is 1.82. The van der Waals surface area contributed by atoms with E-state index in [2.05, 4.69) is 22.3 Å². The zero-order valence-electron chi connectivity index (χ0n) is 11.3. The minimum Gasteiger partial charge on any atom is -0.370 e. The van der Waals surface area contributed by atoms with Gasteiger partial charge in [0.2, 0.25) is 0 Å². The van der Waals surface area contributed by atoms with Gasteiger partial charge in [0.25, 0.3) is 5.56 Å². The molecule has 0 aromatic carbocycles. The fraction of sp³-hybridized carbons (Fsp3) is 0.357. The fourth-order valence-corrected chi connectivity index (χ4v) is 1.72. The van der Waals surface area contributed by atoms with Crippen molar-refractivity contribution in [3.63, 3.8) is 0 Å². The molecule has 0 aliphatic rings. The van der Waals surface area contributed by atoms with E-state index in [1.165, 1.54) is 4.68 Å². The van der Waals surface area contributed by atoms with Crippen molar-refractivity contribution in [1.29, 1.82) is 0 Å². The number of hydrogen-bond donors (Lipinski definition) is 1. The number of anilines is 1. The van der Waals surface area contributed by atoms with Gasteiger partial charge in [-0.15, -0.1) is 0 Å². The van der Waals surface area contributed by atoms with E-state index in [0.29, 0.717) is 6.54 Å². The number of aryl methyl sites for hydroxylation is 1. The van der Waals surface area contributed by atoms with E-state index < -0.39 is 0 Å². The average molecular weight is 258 g/mol. The first-order chi connectivity index (χ1) is 9.19. The summed E-state index contributed by atoms with van der Waals surface area (Å²) in [5.74, 6) is 0.833. The molecule has 0 atom stereocenters. The molecule has 2 heterocycles. The van der Waals surface area contributed by atoms with Crippen molar-refractivity contribution in [3.05, 3.63) is 52.1 Å². The molecule has 2 rings (SSSR count). The molecule has 0 radical (unpaired) electrons. The van der Waals surface area contributed by atoms with E-state index >= 15 is 0 Å². The van der Waals surface area contributed by atoms with E-state index in [9.17, 15) is 4.79 Å². The van der Waals surface area contributed by atoms with Crippen molar-refractivity contribution in [1.82, 2.24) is 14.8 Å². The number of nitrogens with one attached hydrogen (secondary N) is 1. The van der Waals surface area contributed by atoms with Gasteiger partial charge in [0.15, 0.2) is 0 Å². The molecule has 2 aromatic heterocycles. The number of nitrogens with zero attached hydrogens (tertiary/aromatic N) is 3. The molecule has 0 amide bonds. The molecule has 5 nitrogen and oxygen atoms in total. The molecule has 0 spiro atoms. The minimum absolute atomic E-state index is 0.103. The number of pyridine rings is 1. The first-order valence-electron chi connectivity index (χ1n) is 6.42. The van der Waals surface area contributed by atoms with Gasteiger partial charge in [-0.05, 0) is 31.0 Å². The highest BCUT2D eigenvalue weighted by Crippen LogP contribution is 2.05. The third kappa shape index (κ3) is 3.64. The summed E-state index contributed by atoms with van der Waals surface area (Å²) < 4.78 is 1.42. The van der Waals surface area contributed by atoms with Gasteiger partial charge in [-0.2, -0.15) is 5.10 Å². The Kier molecular flexibility index (Phi) is 4.28. The van der Waals surface area contributed by atoms with Crippen LogP contribution in [0.25, 0.3) is 0 Å². The van der Waals surface area contributed by atoms with Crippen molar-refractivity contribution in [3.8, 4) is 0 Å². The Morgan fingerprint density at radius 2 is 2.21 bits per heavy atom. The van der Waals surface area contributed by atoms with Crippen LogP contribution in [-0.4, -0.2) is 21.3 Å². The molecule has 1 N–H and O–H groups in total. The summed E-state index contributed by atoms with van der Waals surface area (Å²) in [6.45, 7) is 5.23. The van der Waals surface area contributed by atoms with Gasteiger partial charge < -0.3 is 5.32 Å². The van der Waals surface area contributed by atoms with Crippen LogP contribution in [0, 0.1) is 6.92 Å². The van der Waals surface area contributed by atoms with Gasteiger partial charge in [0.05, 0.1) is 18.4 Å². The lowest BCUT2D eigenvalue weighted by Gasteiger charge is -2.07. The van der Waals surface area contributed by atoms with Gasteiger partial charge >= 0.3 is 0 Å². The van der Waals surface area contributed by atoms with Crippen molar-refractivity contribution < 1.29 is 0 Å². The molecular formula is C14H18N4O. The first kappa shape index (κ1) is 13.3. The number of hydrogen-bond acceptors (Lipinski definition) is 4. The minimum atomic E-state index is -0.103. The fourth-order valence-electron chi connectivity index (χ4n) is 1.72. The summed E-state index contributed by atoms with van der Waals surface area (Å²) in [7, 11) is 0. The van der Waals surface area contributed by atoms with E-state index in [1.54, 1.807) is 12.3 Å². The topological polar surface area (TPSA) is 59.8 Å². The molecule has 19 heavy (non-hydrogen) atoms. The van der Waals surface area contributed by atoms with E-state index in [0.717, 1.165) is 30.0 Å². The molecule has 0 fully saturated rings. The number of rotatable bonds is 5. The van der Waals surface area contributed by atoms with Crippen LogP contribution in [0.5, 0.6) is 0 Å². The Bertz CT molecular complexity index is 606. The zero-order valence-corrected chi connectivity index (χ0v) is 11.3. The first-order valence-corrected chi connectivity index (χ1v) is 6.42. The predicted molar refractivity (Wildman–Crippen MR) is 75.4 cm³/mol. The van der Waals surface area contributed by atoms with Gasteiger partial charge in [0, 0.05) is 12.6 Å². The normalized spacial score (nSPS) is 10.4. The van der Waals surface area contributed by atoms with Crippen LogP contribution in [0.3, 0.4) is 0 Å². The maximum absolute atomic E-state index is 11.8. The second-order valence-electron chi connectivity index (χ2n) is 4.47. The molecule has 0 saturated carbocycles. The maximum Gasteiger partial charge on any atom is 0.267 e. The van der Waals surface area contributed by atoms with Crippen molar-refractivity contribution in [2.45, 2.75) is 26.8 Å². The van der Waals surface area contributed by atoms with E-state index in [-0.39, 0.29) is 5.56 Å². The van der Waals surface area contributed by atoms with Crippen LogP contribution in [0.1, 0.15) is 24.6 Å². The molecular weight excluding hydrogens is 240 g/mol. The Morgan fingerprint density at radius 3 is 2.95 bits per heavy atom. The zero-order chi connectivity index (χ0) is 13.7. The second kappa shape index (κ2) is 6.13. The standard InChI is InChI=1S/C14H18N4O/c1-3-7-15-13-6-4-5-12(17-13)10-18-14(19)8-11(2)9-16-18/h4-6,8-9H,3,7,10H2,1-2H3,(H,15,17). The quantitative estimate of drug-likeness (QED) is 0.888. The van der Waals surface area contributed by atoms with Gasteiger partial charge in [0.1, 0.15) is 5.82 Å². The second-order valence-corrected chi connectivity index (χ2v) is 4.47. The van der Waals surface area contributed by atoms with E-state index in [1.807, 2.05) is 25.1 Å². The van der Waals surface area contributed by atoms with Crippen molar-refractivity contribution in [2.75, 3.05) is 11.9 Å². The summed E-state index contributed by atoms with van der Waals surface area (Å²) in [4.78, 5) is 16.2. The lowest BCUT2D eigenvalue weighted by molar-refractivity contribution is 0.625. The summed E-state index contributed by atoms with van der Waals surface area (Å²) in [6, 6.07) is 7.32. The summed E-state index contributed by atoms with van der Waals surface area (Å²) in [6.07, 6.45) is 2.73. The number of aromatic nitrogens is 3. The van der Waals surface area contributed by atoms with Crippen LogP contribution in [-0.2, 0) is 6.54 Å². The highest BCUT2D eigenvalue weighted by molar-refractivity contribution is 5.35. The van der Waals surface area contributed by atoms with Crippen LogP contribution >= 0.6 is 0 Å². The maximum atomic E-state index is 11.8. The molecule has 0 saturated heterocycles.